The smallest absolute Gasteiger partial charge is 0.121 e. The fourth-order valence-electron chi connectivity index (χ4n) is 3.00. The fraction of sp³-hybridized carbons (Fsp3) is 0.333. The molecule has 0 spiro atoms. The van der Waals surface area contributed by atoms with Gasteiger partial charge in [-0.3, -0.25) is 0 Å². The van der Waals surface area contributed by atoms with Gasteiger partial charge in [0.25, 0.3) is 0 Å². The fourth-order valence-corrected chi connectivity index (χ4v) is 3.00. The van der Waals surface area contributed by atoms with E-state index >= 15 is 0 Å². The van der Waals surface area contributed by atoms with Crippen molar-refractivity contribution in [2.45, 2.75) is 18.9 Å². The molecule has 1 nitrogen and oxygen atoms in total. The molecule has 0 aliphatic carbocycles. The topological polar surface area (TPSA) is 0 Å². The third-order valence-electron chi connectivity index (χ3n) is 3.77. The van der Waals surface area contributed by atoms with Gasteiger partial charge in [-0.25, -0.2) is 0 Å². The summed E-state index contributed by atoms with van der Waals surface area (Å²) in [6.45, 7) is 2.33. The third kappa shape index (κ3) is 3.24. The van der Waals surface area contributed by atoms with Gasteiger partial charge >= 0.3 is 0 Å². The van der Waals surface area contributed by atoms with Crippen LogP contribution in [-0.4, -0.2) is 25.6 Å². The summed E-state index contributed by atoms with van der Waals surface area (Å²) >= 11 is 0. The predicted molar refractivity (Wildman–Crippen MR) is 82.1 cm³/mol. The van der Waals surface area contributed by atoms with E-state index in [0.717, 1.165) is 4.48 Å². The number of benzene rings is 2. The number of nitrogens with zero attached hydrogens (tertiary/aromatic N) is 1. The summed E-state index contributed by atoms with van der Waals surface area (Å²) in [7, 11) is 6.82. The molecule has 100 valence electrons. The van der Waals surface area contributed by atoms with Gasteiger partial charge in [0, 0.05) is 11.5 Å². The van der Waals surface area contributed by atoms with Gasteiger partial charge < -0.3 is 4.48 Å². The molecule has 2 aromatic rings. The van der Waals surface area contributed by atoms with Crippen molar-refractivity contribution in [3.05, 3.63) is 71.8 Å². The van der Waals surface area contributed by atoms with Gasteiger partial charge in [-0.05, 0) is 5.56 Å². The number of rotatable bonds is 4. The van der Waals surface area contributed by atoms with Crippen LogP contribution in [0.5, 0.6) is 0 Å². The summed E-state index contributed by atoms with van der Waals surface area (Å²) in [4.78, 5) is 0. The van der Waals surface area contributed by atoms with Gasteiger partial charge in [0.05, 0.1) is 21.1 Å². The molecule has 0 saturated heterocycles. The molecule has 0 saturated carbocycles. The van der Waals surface area contributed by atoms with Gasteiger partial charge in [-0.15, -0.1) is 0 Å². The SMILES string of the molecule is C[C@H](c1ccccc1)[C@@H](c1ccccc1)[N+](C)(C)C. The number of quaternary nitrogens is 1. The molecular weight excluding hydrogens is 230 g/mol. The maximum Gasteiger partial charge on any atom is 0.121 e. The molecule has 0 aromatic heterocycles. The van der Waals surface area contributed by atoms with E-state index in [4.69, 9.17) is 0 Å². The summed E-state index contributed by atoms with van der Waals surface area (Å²) in [6.07, 6.45) is 0. The first-order chi connectivity index (χ1) is 9.00. The van der Waals surface area contributed by atoms with Crippen molar-refractivity contribution in [2.75, 3.05) is 21.1 Å². The molecule has 2 rings (SSSR count). The van der Waals surface area contributed by atoms with E-state index in [-0.39, 0.29) is 0 Å². The number of likely N-dealkylation sites (N-methyl/N-ethyl adjacent to an activating group) is 1. The van der Waals surface area contributed by atoms with Gasteiger partial charge in [-0.2, -0.15) is 0 Å². The van der Waals surface area contributed by atoms with Crippen LogP contribution < -0.4 is 0 Å². The van der Waals surface area contributed by atoms with Crippen molar-refractivity contribution in [3.8, 4) is 0 Å². The Hall–Kier alpha value is -1.60. The number of hydrogen-bond acceptors (Lipinski definition) is 0. The molecule has 0 aliphatic rings. The zero-order chi connectivity index (χ0) is 13.9. The van der Waals surface area contributed by atoms with Crippen LogP contribution in [0, 0.1) is 0 Å². The Balaban J connectivity index is 2.40. The Kier molecular flexibility index (Phi) is 4.06. The third-order valence-corrected chi connectivity index (χ3v) is 3.77. The van der Waals surface area contributed by atoms with E-state index in [0.29, 0.717) is 12.0 Å². The summed E-state index contributed by atoms with van der Waals surface area (Å²) in [5.74, 6) is 0.489. The summed E-state index contributed by atoms with van der Waals surface area (Å²) in [5.41, 5.74) is 2.82. The van der Waals surface area contributed by atoms with E-state index in [1.807, 2.05) is 0 Å². The van der Waals surface area contributed by atoms with Crippen molar-refractivity contribution >= 4 is 0 Å². The zero-order valence-corrected chi connectivity index (χ0v) is 12.4. The lowest BCUT2D eigenvalue weighted by atomic mass is 9.87. The molecule has 0 fully saturated rings. The largest absolute Gasteiger partial charge is 0.324 e. The first kappa shape index (κ1) is 13.8. The molecular formula is C18H24N+. The van der Waals surface area contributed by atoms with Crippen LogP contribution in [0.3, 0.4) is 0 Å². The van der Waals surface area contributed by atoms with E-state index in [9.17, 15) is 0 Å². The molecule has 0 amide bonds. The van der Waals surface area contributed by atoms with E-state index in [1.54, 1.807) is 0 Å². The van der Waals surface area contributed by atoms with Crippen LogP contribution in [0.4, 0.5) is 0 Å². The van der Waals surface area contributed by atoms with Crippen molar-refractivity contribution in [1.29, 1.82) is 0 Å². The average Bonchev–Trinajstić information content (AvgIpc) is 2.39. The Bertz CT molecular complexity index is 496. The molecule has 0 unspecified atom stereocenters. The molecule has 1 heteroatoms. The Morgan fingerprint density at radius 1 is 0.684 bits per heavy atom. The summed E-state index contributed by atoms with van der Waals surface area (Å²) in [6, 6.07) is 22.1. The highest BCUT2D eigenvalue weighted by molar-refractivity contribution is 5.26. The minimum atomic E-state index is 0.462. The highest BCUT2D eigenvalue weighted by Crippen LogP contribution is 2.37. The second-order valence-electron chi connectivity index (χ2n) is 6.17. The predicted octanol–water partition coefficient (Wildman–Crippen LogP) is 4.24. The van der Waals surface area contributed by atoms with Crippen LogP contribution in [-0.2, 0) is 0 Å². The second kappa shape index (κ2) is 5.58. The van der Waals surface area contributed by atoms with Gasteiger partial charge in [0.15, 0.2) is 0 Å². The molecule has 0 bridgehead atoms. The molecule has 2 aromatic carbocycles. The molecule has 19 heavy (non-hydrogen) atoms. The van der Waals surface area contributed by atoms with Crippen LogP contribution >= 0.6 is 0 Å². The van der Waals surface area contributed by atoms with Crippen LogP contribution in [0.25, 0.3) is 0 Å². The molecule has 0 radical (unpaired) electrons. The maximum absolute atomic E-state index is 2.33. The highest BCUT2D eigenvalue weighted by Gasteiger charge is 2.32. The monoisotopic (exact) mass is 254 g/mol. The standard InChI is InChI=1S/C18H24N/c1-15(16-11-7-5-8-12-16)18(19(2,3)4)17-13-9-6-10-14-17/h5-15,18H,1-4H3/q+1/t15-,18+/m1/s1. The van der Waals surface area contributed by atoms with Crippen LogP contribution in [0.15, 0.2) is 60.7 Å². The van der Waals surface area contributed by atoms with Crippen LogP contribution in [0.2, 0.25) is 0 Å². The minimum absolute atomic E-state index is 0.462. The molecule has 0 heterocycles. The molecule has 0 aliphatic heterocycles. The van der Waals surface area contributed by atoms with Crippen molar-refractivity contribution in [1.82, 2.24) is 0 Å². The quantitative estimate of drug-likeness (QED) is 0.716. The van der Waals surface area contributed by atoms with E-state index in [2.05, 4.69) is 88.7 Å². The lowest BCUT2D eigenvalue weighted by Gasteiger charge is -2.38. The second-order valence-corrected chi connectivity index (χ2v) is 6.17. The number of hydrogen-bond donors (Lipinski definition) is 0. The maximum atomic E-state index is 2.33. The highest BCUT2D eigenvalue weighted by atomic mass is 15.3. The Morgan fingerprint density at radius 2 is 1.11 bits per heavy atom. The normalized spacial score (nSPS) is 14.9. The van der Waals surface area contributed by atoms with E-state index < -0.39 is 0 Å². The summed E-state index contributed by atoms with van der Waals surface area (Å²) in [5, 5.41) is 0. The van der Waals surface area contributed by atoms with Crippen LogP contribution in [0.1, 0.15) is 30.0 Å². The first-order valence-corrected chi connectivity index (χ1v) is 6.91. The first-order valence-electron chi connectivity index (χ1n) is 6.91. The van der Waals surface area contributed by atoms with Crippen molar-refractivity contribution in [3.63, 3.8) is 0 Å². The lowest BCUT2D eigenvalue weighted by molar-refractivity contribution is -0.904. The molecule has 0 N–H and O–H groups in total. The van der Waals surface area contributed by atoms with Gasteiger partial charge in [0.1, 0.15) is 6.04 Å². The molecule has 2 atom stereocenters. The van der Waals surface area contributed by atoms with Crippen molar-refractivity contribution in [2.24, 2.45) is 0 Å². The minimum Gasteiger partial charge on any atom is -0.324 e. The van der Waals surface area contributed by atoms with Gasteiger partial charge in [-0.1, -0.05) is 67.6 Å². The summed E-state index contributed by atoms with van der Waals surface area (Å²) < 4.78 is 0.931. The van der Waals surface area contributed by atoms with E-state index in [1.165, 1.54) is 11.1 Å². The Morgan fingerprint density at radius 3 is 1.53 bits per heavy atom. The van der Waals surface area contributed by atoms with Crippen molar-refractivity contribution < 1.29 is 4.48 Å². The van der Waals surface area contributed by atoms with Gasteiger partial charge in [0.2, 0.25) is 0 Å². The lowest BCUT2D eigenvalue weighted by Crippen LogP contribution is -2.41. The zero-order valence-electron chi connectivity index (χ0n) is 12.4. The average molecular weight is 254 g/mol. The Labute approximate surface area is 117 Å².